The summed E-state index contributed by atoms with van der Waals surface area (Å²) < 4.78 is 15.5. The first-order chi connectivity index (χ1) is 12.1. The van der Waals surface area contributed by atoms with Gasteiger partial charge in [-0.3, -0.25) is 0 Å². The average molecular weight is 344 g/mol. The third-order valence-electron chi connectivity index (χ3n) is 3.83. The standard InChI is InChI=1S/C19H24N2O4/c1-5-25-19(22)15-7-9-18(20-13-15)21(2)11-10-14-6-8-16(23-3)17(12-14)24-4/h6-9,12-13H,5,10-11H2,1-4H3. The fraction of sp³-hybridized carbons (Fsp3) is 0.368. The Morgan fingerprint density at radius 3 is 2.48 bits per heavy atom. The summed E-state index contributed by atoms with van der Waals surface area (Å²) in [4.78, 5) is 18.0. The number of carbonyl (C=O) groups is 1. The highest BCUT2D eigenvalue weighted by atomic mass is 16.5. The second-order valence-corrected chi connectivity index (χ2v) is 5.49. The van der Waals surface area contributed by atoms with Crippen molar-refractivity contribution in [2.75, 3.05) is 39.3 Å². The monoisotopic (exact) mass is 344 g/mol. The van der Waals surface area contributed by atoms with Crippen molar-refractivity contribution in [1.82, 2.24) is 4.98 Å². The topological polar surface area (TPSA) is 60.9 Å². The van der Waals surface area contributed by atoms with E-state index in [2.05, 4.69) is 4.98 Å². The number of rotatable bonds is 8. The number of hydrogen-bond acceptors (Lipinski definition) is 6. The molecule has 1 aromatic heterocycles. The first kappa shape index (κ1) is 18.6. The molecule has 1 aromatic carbocycles. The summed E-state index contributed by atoms with van der Waals surface area (Å²) in [5.74, 6) is 1.89. The Morgan fingerprint density at radius 1 is 1.12 bits per heavy atom. The molecule has 0 N–H and O–H groups in total. The summed E-state index contributed by atoms with van der Waals surface area (Å²) in [6.07, 6.45) is 2.37. The van der Waals surface area contributed by atoms with Gasteiger partial charge in [0.05, 0.1) is 26.4 Å². The second-order valence-electron chi connectivity index (χ2n) is 5.49. The quantitative estimate of drug-likeness (QED) is 0.686. The fourth-order valence-corrected chi connectivity index (χ4v) is 2.39. The summed E-state index contributed by atoms with van der Waals surface area (Å²) >= 11 is 0. The number of pyridine rings is 1. The van der Waals surface area contributed by atoms with Crippen molar-refractivity contribution in [3.8, 4) is 11.5 Å². The number of anilines is 1. The van der Waals surface area contributed by atoms with E-state index >= 15 is 0 Å². The normalized spacial score (nSPS) is 10.2. The molecule has 134 valence electrons. The van der Waals surface area contributed by atoms with Crippen LogP contribution in [0.25, 0.3) is 0 Å². The number of methoxy groups -OCH3 is 2. The number of benzene rings is 1. The molecule has 0 saturated heterocycles. The highest BCUT2D eigenvalue weighted by Crippen LogP contribution is 2.27. The minimum absolute atomic E-state index is 0.352. The van der Waals surface area contributed by atoms with Gasteiger partial charge in [0.2, 0.25) is 0 Å². The van der Waals surface area contributed by atoms with Crippen LogP contribution >= 0.6 is 0 Å². The maximum Gasteiger partial charge on any atom is 0.339 e. The van der Waals surface area contributed by atoms with E-state index in [-0.39, 0.29) is 5.97 Å². The number of nitrogens with zero attached hydrogens (tertiary/aromatic N) is 2. The van der Waals surface area contributed by atoms with Crippen molar-refractivity contribution in [3.05, 3.63) is 47.7 Å². The summed E-state index contributed by atoms with van der Waals surface area (Å²) in [6.45, 7) is 2.91. The molecule has 0 unspecified atom stereocenters. The van der Waals surface area contributed by atoms with Gasteiger partial charge in [-0.15, -0.1) is 0 Å². The van der Waals surface area contributed by atoms with Crippen LogP contribution in [-0.2, 0) is 11.2 Å². The SMILES string of the molecule is CCOC(=O)c1ccc(N(C)CCc2ccc(OC)c(OC)c2)nc1. The van der Waals surface area contributed by atoms with Gasteiger partial charge in [-0.1, -0.05) is 6.07 Å². The molecule has 0 atom stereocenters. The summed E-state index contributed by atoms with van der Waals surface area (Å²) in [6, 6.07) is 9.45. The first-order valence-corrected chi connectivity index (χ1v) is 8.14. The van der Waals surface area contributed by atoms with Gasteiger partial charge in [-0.25, -0.2) is 9.78 Å². The van der Waals surface area contributed by atoms with Crippen molar-refractivity contribution in [1.29, 1.82) is 0 Å². The Kier molecular flexibility index (Phi) is 6.62. The number of carbonyl (C=O) groups excluding carboxylic acids is 1. The second kappa shape index (κ2) is 8.92. The number of hydrogen-bond donors (Lipinski definition) is 0. The molecule has 0 bridgehead atoms. The summed E-state index contributed by atoms with van der Waals surface area (Å²) in [5, 5.41) is 0. The van der Waals surface area contributed by atoms with E-state index < -0.39 is 0 Å². The molecule has 2 rings (SSSR count). The Bertz CT molecular complexity index is 701. The van der Waals surface area contributed by atoms with Crippen LogP contribution in [0.3, 0.4) is 0 Å². The van der Waals surface area contributed by atoms with Crippen LogP contribution < -0.4 is 14.4 Å². The van der Waals surface area contributed by atoms with Gasteiger partial charge in [-0.2, -0.15) is 0 Å². The zero-order chi connectivity index (χ0) is 18.2. The number of aromatic nitrogens is 1. The summed E-state index contributed by atoms with van der Waals surface area (Å²) in [5.41, 5.74) is 1.60. The molecule has 6 nitrogen and oxygen atoms in total. The highest BCUT2D eigenvalue weighted by molar-refractivity contribution is 5.89. The van der Waals surface area contributed by atoms with Crippen LogP contribution in [0, 0.1) is 0 Å². The van der Waals surface area contributed by atoms with Crippen molar-refractivity contribution >= 4 is 11.8 Å². The third kappa shape index (κ3) is 4.86. The van der Waals surface area contributed by atoms with E-state index in [1.54, 1.807) is 33.4 Å². The van der Waals surface area contributed by atoms with Crippen LogP contribution in [0.5, 0.6) is 11.5 Å². The molecular weight excluding hydrogens is 320 g/mol. The Balaban J connectivity index is 1.98. The van der Waals surface area contributed by atoms with Crippen LogP contribution in [0.4, 0.5) is 5.82 Å². The molecule has 6 heteroatoms. The molecular formula is C19H24N2O4. The van der Waals surface area contributed by atoms with E-state index in [1.807, 2.05) is 36.2 Å². The number of likely N-dealkylation sites (N-methyl/N-ethyl adjacent to an activating group) is 1. The Hall–Kier alpha value is -2.76. The molecule has 0 saturated carbocycles. The zero-order valence-electron chi connectivity index (χ0n) is 15.1. The maximum absolute atomic E-state index is 11.7. The van der Waals surface area contributed by atoms with Gasteiger partial charge >= 0.3 is 5.97 Å². The van der Waals surface area contributed by atoms with Gasteiger partial charge in [0.25, 0.3) is 0 Å². The van der Waals surface area contributed by atoms with E-state index in [0.717, 1.165) is 35.8 Å². The summed E-state index contributed by atoms with van der Waals surface area (Å²) in [7, 11) is 5.22. The van der Waals surface area contributed by atoms with Crippen LogP contribution in [-0.4, -0.2) is 45.4 Å². The molecule has 0 aliphatic heterocycles. The molecule has 0 aliphatic carbocycles. The van der Waals surface area contributed by atoms with Crippen LogP contribution in [0.15, 0.2) is 36.5 Å². The molecule has 0 aliphatic rings. The van der Waals surface area contributed by atoms with Crippen LogP contribution in [0.1, 0.15) is 22.8 Å². The molecule has 0 spiro atoms. The molecule has 25 heavy (non-hydrogen) atoms. The molecule has 1 heterocycles. The lowest BCUT2D eigenvalue weighted by Crippen LogP contribution is -2.21. The largest absolute Gasteiger partial charge is 0.493 e. The van der Waals surface area contributed by atoms with Gasteiger partial charge < -0.3 is 19.1 Å². The van der Waals surface area contributed by atoms with Crippen molar-refractivity contribution in [3.63, 3.8) is 0 Å². The predicted octanol–water partition coefficient (Wildman–Crippen LogP) is 2.95. The minimum atomic E-state index is -0.352. The molecule has 0 fully saturated rings. The lowest BCUT2D eigenvalue weighted by Gasteiger charge is -2.18. The van der Waals surface area contributed by atoms with E-state index in [9.17, 15) is 4.79 Å². The van der Waals surface area contributed by atoms with Gasteiger partial charge in [-0.05, 0) is 43.2 Å². The van der Waals surface area contributed by atoms with Gasteiger partial charge in [0, 0.05) is 19.8 Å². The number of ether oxygens (including phenoxy) is 3. The lowest BCUT2D eigenvalue weighted by atomic mass is 10.1. The molecule has 2 aromatic rings. The maximum atomic E-state index is 11.7. The van der Waals surface area contributed by atoms with E-state index in [0.29, 0.717) is 12.2 Å². The van der Waals surface area contributed by atoms with Crippen molar-refractivity contribution < 1.29 is 19.0 Å². The fourth-order valence-electron chi connectivity index (χ4n) is 2.39. The average Bonchev–Trinajstić information content (AvgIpc) is 2.66. The smallest absolute Gasteiger partial charge is 0.339 e. The van der Waals surface area contributed by atoms with Crippen molar-refractivity contribution in [2.45, 2.75) is 13.3 Å². The Labute approximate surface area is 148 Å². The molecule has 0 radical (unpaired) electrons. The minimum Gasteiger partial charge on any atom is -0.493 e. The number of esters is 1. The highest BCUT2D eigenvalue weighted by Gasteiger charge is 2.09. The van der Waals surface area contributed by atoms with Crippen molar-refractivity contribution in [2.24, 2.45) is 0 Å². The zero-order valence-corrected chi connectivity index (χ0v) is 15.1. The van der Waals surface area contributed by atoms with Gasteiger partial charge in [0.15, 0.2) is 11.5 Å². The van der Waals surface area contributed by atoms with Crippen LogP contribution in [0.2, 0.25) is 0 Å². The van der Waals surface area contributed by atoms with E-state index in [1.165, 1.54) is 0 Å². The predicted molar refractivity (Wildman–Crippen MR) is 96.7 cm³/mol. The Morgan fingerprint density at radius 2 is 1.88 bits per heavy atom. The lowest BCUT2D eigenvalue weighted by molar-refractivity contribution is 0.0526. The van der Waals surface area contributed by atoms with Gasteiger partial charge in [0.1, 0.15) is 5.82 Å². The first-order valence-electron chi connectivity index (χ1n) is 8.14. The third-order valence-corrected chi connectivity index (χ3v) is 3.83. The van der Waals surface area contributed by atoms with E-state index in [4.69, 9.17) is 14.2 Å². The molecule has 0 amide bonds.